The summed E-state index contributed by atoms with van der Waals surface area (Å²) in [5, 5.41) is 3.90. The van der Waals surface area contributed by atoms with Gasteiger partial charge < -0.3 is 5.73 Å². The molecule has 0 bridgehead atoms. The standard InChI is InChI=1S/C9H16N4O2S/c1-6-7(8(10)11-13(6)3)16(14,15)12-9(2)4-5-9/h12H,4-5H2,1-3H3,(H2,10,11). The van der Waals surface area contributed by atoms with Crippen LogP contribution in [0.1, 0.15) is 25.5 Å². The number of nitrogens with one attached hydrogen (secondary N) is 1. The number of rotatable bonds is 3. The lowest BCUT2D eigenvalue weighted by Crippen LogP contribution is -2.34. The van der Waals surface area contributed by atoms with E-state index in [0.29, 0.717) is 5.69 Å². The molecule has 3 N–H and O–H groups in total. The highest BCUT2D eigenvalue weighted by Crippen LogP contribution is 2.36. The van der Waals surface area contributed by atoms with Crippen molar-refractivity contribution in [3.63, 3.8) is 0 Å². The number of hydrogen-bond acceptors (Lipinski definition) is 4. The molecule has 1 aliphatic rings. The highest BCUT2D eigenvalue weighted by molar-refractivity contribution is 7.89. The molecule has 0 spiro atoms. The van der Waals surface area contributed by atoms with Gasteiger partial charge in [-0.05, 0) is 26.7 Å². The van der Waals surface area contributed by atoms with E-state index in [1.54, 1.807) is 14.0 Å². The molecule has 0 aliphatic heterocycles. The summed E-state index contributed by atoms with van der Waals surface area (Å²) in [6.07, 6.45) is 1.73. The van der Waals surface area contributed by atoms with Crippen molar-refractivity contribution in [2.45, 2.75) is 37.1 Å². The predicted octanol–water partition coefficient (Wildman–Crippen LogP) is 0.142. The van der Waals surface area contributed by atoms with Gasteiger partial charge >= 0.3 is 0 Å². The monoisotopic (exact) mass is 244 g/mol. The maximum atomic E-state index is 12.1. The Morgan fingerprint density at radius 3 is 2.44 bits per heavy atom. The van der Waals surface area contributed by atoms with Gasteiger partial charge in [-0.1, -0.05) is 0 Å². The van der Waals surface area contributed by atoms with Gasteiger partial charge in [-0.25, -0.2) is 13.1 Å². The topological polar surface area (TPSA) is 90.0 Å². The summed E-state index contributed by atoms with van der Waals surface area (Å²) in [4.78, 5) is 0.100. The molecule has 1 fully saturated rings. The van der Waals surface area contributed by atoms with Crippen LogP contribution in [0.15, 0.2) is 4.90 Å². The van der Waals surface area contributed by atoms with E-state index >= 15 is 0 Å². The average molecular weight is 244 g/mol. The highest BCUT2D eigenvalue weighted by atomic mass is 32.2. The maximum absolute atomic E-state index is 12.1. The zero-order valence-corrected chi connectivity index (χ0v) is 10.4. The Morgan fingerprint density at radius 1 is 1.50 bits per heavy atom. The molecule has 7 heteroatoms. The third-order valence-corrected chi connectivity index (χ3v) is 4.76. The van der Waals surface area contributed by atoms with Gasteiger partial charge in [-0.15, -0.1) is 0 Å². The summed E-state index contributed by atoms with van der Waals surface area (Å²) in [6, 6.07) is 0. The van der Waals surface area contributed by atoms with Gasteiger partial charge in [0.2, 0.25) is 10.0 Å². The maximum Gasteiger partial charge on any atom is 0.246 e. The second-order valence-corrected chi connectivity index (χ2v) is 6.21. The minimum Gasteiger partial charge on any atom is -0.381 e. The van der Waals surface area contributed by atoms with Crippen LogP contribution in [0.2, 0.25) is 0 Å². The fourth-order valence-electron chi connectivity index (χ4n) is 1.61. The molecule has 16 heavy (non-hydrogen) atoms. The minimum atomic E-state index is -3.55. The molecule has 1 aliphatic carbocycles. The van der Waals surface area contributed by atoms with Gasteiger partial charge in [0.1, 0.15) is 4.90 Å². The van der Waals surface area contributed by atoms with Crippen molar-refractivity contribution < 1.29 is 8.42 Å². The van der Waals surface area contributed by atoms with E-state index in [0.717, 1.165) is 12.8 Å². The summed E-state index contributed by atoms with van der Waals surface area (Å²) in [7, 11) is -1.88. The van der Waals surface area contributed by atoms with Crippen molar-refractivity contribution in [2.24, 2.45) is 7.05 Å². The number of sulfonamides is 1. The van der Waals surface area contributed by atoms with Gasteiger partial charge in [-0.2, -0.15) is 5.10 Å². The fraction of sp³-hybridized carbons (Fsp3) is 0.667. The normalized spacial score (nSPS) is 18.7. The Kier molecular flexibility index (Phi) is 2.29. The highest BCUT2D eigenvalue weighted by Gasteiger charge is 2.42. The number of anilines is 1. The molecular formula is C9H16N4O2S. The Morgan fingerprint density at radius 2 is 2.06 bits per heavy atom. The molecule has 1 heterocycles. The zero-order valence-electron chi connectivity index (χ0n) is 9.61. The third kappa shape index (κ3) is 1.80. The molecule has 0 unspecified atom stereocenters. The molecule has 1 saturated carbocycles. The molecule has 1 aromatic rings. The van der Waals surface area contributed by atoms with E-state index in [-0.39, 0.29) is 16.3 Å². The number of nitrogens with two attached hydrogens (primary N) is 1. The van der Waals surface area contributed by atoms with Crippen molar-refractivity contribution in [3.8, 4) is 0 Å². The van der Waals surface area contributed by atoms with Crippen LogP contribution in [-0.4, -0.2) is 23.7 Å². The summed E-state index contributed by atoms with van der Waals surface area (Å²) in [5.41, 5.74) is 5.87. The Bertz CT molecular complexity index is 528. The number of aromatic nitrogens is 2. The number of aryl methyl sites for hydroxylation is 1. The van der Waals surface area contributed by atoms with Crippen LogP contribution in [-0.2, 0) is 17.1 Å². The minimum absolute atomic E-state index is 0.0525. The second kappa shape index (κ2) is 3.21. The van der Waals surface area contributed by atoms with E-state index < -0.39 is 10.0 Å². The van der Waals surface area contributed by atoms with Gasteiger partial charge in [0, 0.05) is 12.6 Å². The number of hydrogen-bond donors (Lipinski definition) is 2. The van der Waals surface area contributed by atoms with E-state index in [2.05, 4.69) is 9.82 Å². The van der Waals surface area contributed by atoms with Crippen molar-refractivity contribution in [2.75, 3.05) is 5.73 Å². The van der Waals surface area contributed by atoms with Crippen LogP contribution >= 0.6 is 0 Å². The zero-order chi connectivity index (χ0) is 12.1. The molecule has 90 valence electrons. The first-order valence-electron chi connectivity index (χ1n) is 5.08. The molecule has 6 nitrogen and oxygen atoms in total. The van der Waals surface area contributed by atoms with Crippen LogP contribution in [0.4, 0.5) is 5.82 Å². The van der Waals surface area contributed by atoms with E-state index in [1.165, 1.54) is 4.68 Å². The summed E-state index contributed by atoms with van der Waals surface area (Å²) < 4.78 is 28.3. The van der Waals surface area contributed by atoms with Gasteiger partial charge in [0.05, 0.1) is 5.69 Å². The largest absolute Gasteiger partial charge is 0.381 e. The summed E-state index contributed by atoms with van der Waals surface area (Å²) >= 11 is 0. The van der Waals surface area contributed by atoms with Crippen molar-refractivity contribution in [1.29, 1.82) is 0 Å². The first-order chi connectivity index (χ1) is 7.25. The molecular weight excluding hydrogens is 228 g/mol. The van der Waals surface area contributed by atoms with E-state index in [1.807, 2.05) is 6.92 Å². The predicted molar refractivity (Wildman–Crippen MR) is 60.3 cm³/mol. The summed E-state index contributed by atoms with van der Waals surface area (Å²) in [6.45, 7) is 3.57. The van der Waals surface area contributed by atoms with Gasteiger partial charge in [0.15, 0.2) is 5.82 Å². The van der Waals surface area contributed by atoms with Crippen LogP contribution in [0.5, 0.6) is 0 Å². The molecule has 0 amide bonds. The van der Waals surface area contributed by atoms with Crippen molar-refractivity contribution >= 4 is 15.8 Å². The Labute approximate surface area is 94.9 Å². The molecule has 0 aromatic carbocycles. The average Bonchev–Trinajstić information content (AvgIpc) is 2.73. The Hall–Kier alpha value is -1.08. The van der Waals surface area contributed by atoms with E-state index in [9.17, 15) is 8.42 Å². The van der Waals surface area contributed by atoms with Crippen molar-refractivity contribution in [3.05, 3.63) is 5.69 Å². The van der Waals surface area contributed by atoms with Crippen molar-refractivity contribution in [1.82, 2.24) is 14.5 Å². The number of nitrogens with zero attached hydrogens (tertiary/aromatic N) is 2. The number of nitrogen functional groups attached to an aromatic ring is 1. The Balaban J connectivity index is 2.43. The van der Waals surface area contributed by atoms with Gasteiger partial charge in [-0.3, -0.25) is 4.68 Å². The van der Waals surface area contributed by atoms with E-state index in [4.69, 9.17) is 5.73 Å². The van der Waals surface area contributed by atoms with Crippen LogP contribution < -0.4 is 10.5 Å². The molecule has 0 atom stereocenters. The molecule has 1 aromatic heterocycles. The SMILES string of the molecule is Cc1c(S(=O)(=O)NC2(C)CC2)c(N)nn1C. The molecule has 2 rings (SSSR count). The first kappa shape index (κ1) is 11.4. The smallest absolute Gasteiger partial charge is 0.246 e. The lowest BCUT2D eigenvalue weighted by atomic mass is 10.4. The lowest BCUT2D eigenvalue weighted by Gasteiger charge is -2.11. The van der Waals surface area contributed by atoms with Crippen LogP contribution in [0, 0.1) is 6.92 Å². The van der Waals surface area contributed by atoms with Crippen LogP contribution in [0.3, 0.4) is 0 Å². The fourth-order valence-corrected chi connectivity index (χ4v) is 3.40. The lowest BCUT2D eigenvalue weighted by molar-refractivity contribution is 0.557. The molecule has 0 saturated heterocycles. The first-order valence-corrected chi connectivity index (χ1v) is 6.56. The third-order valence-electron chi connectivity index (χ3n) is 2.95. The second-order valence-electron chi connectivity index (χ2n) is 4.59. The van der Waals surface area contributed by atoms with Gasteiger partial charge in [0.25, 0.3) is 0 Å². The van der Waals surface area contributed by atoms with Crippen LogP contribution in [0.25, 0.3) is 0 Å². The molecule has 0 radical (unpaired) electrons. The summed E-state index contributed by atoms with van der Waals surface area (Å²) in [5.74, 6) is 0.0525. The quantitative estimate of drug-likeness (QED) is 0.791.